The molecule has 2 aromatic rings. The van der Waals surface area contributed by atoms with Crippen LogP contribution in [0.25, 0.3) is 0 Å². The van der Waals surface area contributed by atoms with Crippen LogP contribution in [0, 0.1) is 0 Å². The number of anilines is 1. The molecule has 1 fully saturated rings. The lowest BCUT2D eigenvalue weighted by molar-refractivity contribution is 0.383. The van der Waals surface area contributed by atoms with E-state index < -0.39 is 20.0 Å². The first-order valence-corrected chi connectivity index (χ1v) is 12.8. The Kier molecular flexibility index (Phi) is 7.06. The molecule has 0 aromatic carbocycles. The monoisotopic (exact) mass is 453 g/mol. The summed E-state index contributed by atoms with van der Waals surface area (Å²) in [5.41, 5.74) is 0. The Morgan fingerprint density at radius 2 is 1.77 bits per heavy atom. The summed E-state index contributed by atoms with van der Waals surface area (Å²) in [6, 6.07) is 6.17. The minimum Gasteiger partial charge on any atom is -0.354 e. The second kappa shape index (κ2) is 9.38. The minimum atomic E-state index is -3.61. The summed E-state index contributed by atoms with van der Waals surface area (Å²) in [6.07, 6.45) is 5.87. The van der Waals surface area contributed by atoms with Crippen LogP contribution >= 0.6 is 0 Å². The van der Waals surface area contributed by atoms with Crippen LogP contribution in [0.1, 0.15) is 26.7 Å². The summed E-state index contributed by atoms with van der Waals surface area (Å²) in [5.74, 6) is 0.619. The number of nitrogens with one attached hydrogen (secondary N) is 1. The van der Waals surface area contributed by atoms with Gasteiger partial charge in [0.25, 0.3) is 0 Å². The van der Waals surface area contributed by atoms with Crippen molar-refractivity contribution in [1.29, 1.82) is 0 Å². The number of rotatable bonds is 8. The summed E-state index contributed by atoms with van der Waals surface area (Å²) >= 11 is 0. The Hall–Kier alpha value is -2.08. The lowest BCUT2D eigenvalue weighted by Crippen LogP contribution is -2.48. The molecule has 0 aliphatic carbocycles. The number of piperazine rings is 1. The largest absolute Gasteiger partial charge is 0.354 e. The van der Waals surface area contributed by atoms with Crippen molar-refractivity contribution in [2.45, 2.75) is 42.5 Å². The molecule has 2 aromatic heterocycles. The predicted molar refractivity (Wildman–Crippen MR) is 114 cm³/mol. The fraction of sp³-hybridized carbons (Fsp3) is 0.474. The van der Waals surface area contributed by atoms with Crippen molar-refractivity contribution in [3.63, 3.8) is 0 Å². The van der Waals surface area contributed by atoms with Gasteiger partial charge in [0.15, 0.2) is 0 Å². The van der Waals surface area contributed by atoms with E-state index in [2.05, 4.69) is 14.7 Å². The molecular weight excluding hydrogens is 426 g/mol. The Morgan fingerprint density at radius 1 is 1.03 bits per heavy atom. The molecule has 30 heavy (non-hydrogen) atoms. The third-order valence-electron chi connectivity index (χ3n) is 4.94. The molecule has 1 aliphatic heterocycles. The third kappa shape index (κ3) is 5.15. The molecule has 3 rings (SSSR count). The highest BCUT2D eigenvalue weighted by atomic mass is 32.2. The zero-order chi connectivity index (χ0) is 21.8. The fourth-order valence-electron chi connectivity index (χ4n) is 3.35. The van der Waals surface area contributed by atoms with Gasteiger partial charge in [0.05, 0.1) is 0 Å². The zero-order valence-corrected chi connectivity index (χ0v) is 18.7. The molecule has 0 bridgehead atoms. The van der Waals surface area contributed by atoms with E-state index in [1.165, 1.54) is 35.0 Å². The van der Waals surface area contributed by atoms with Gasteiger partial charge < -0.3 is 4.90 Å². The summed E-state index contributed by atoms with van der Waals surface area (Å²) in [4.78, 5) is 10.4. The van der Waals surface area contributed by atoms with Crippen molar-refractivity contribution in [1.82, 2.24) is 19.0 Å². The summed E-state index contributed by atoms with van der Waals surface area (Å²) in [5, 5.41) is 0. The number of aromatic nitrogens is 2. The fourth-order valence-corrected chi connectivity index (χ4v) is 5.96. The Labute approximate surface area is 178 Å². The smallest absolute Gasteiger partial charge is 0.244 e. The van der Waals surface area contributed by atoms with Crippen LogP contribution in [0.2, 0.25) is 0 Å². The van der Waals surface area contributed by atoms with Gasteiger partial charge in [-0.05, 0) is 37.6 Å². The molecule has 1 unspecified atom stereocenters. The molecule has 164 valence electrons. The van der Waals surface area contributed by atoms with E-state index in [-0.39, 0.29) is 15.8 Å². The molecule has 1 N–H and O–H groups in total. The van der Waals surface area contributed by atoms with Crippen molar-refractivity contribution in [2.75, 3.05) is 31.1 Å². The molecule has 0 spiro atoms. The molecular formula is C19H27N5O4S2. The highest BCUT2D eigenvalue weighted by Gasteiger charge is 2.29. The second-order valence-corrected chi connectivity index (χ2v) is 10.9. The molecule has 1 atom stereocenters. The van der Waals surface area contributed by atoms with Gasteiger partial charge in [0, 0.05) is 50.8 Å². The van der Waals surface area contributed by atoms with E-state index >= 15 is 0 Å². The van der Waals surface area contributed by atoms with Crippen molar-refractivity contribution < 1.29 is 16.8 Å². The highest BCUT2D eigenvalue weighted by molar-refractivity contribution is 7.89. The highest BCUT2D eigenvalue weighted by Crippen LogP contribution is 2.20. The van der Waals surface area contributed by atoms with E-state index in [4.69, 9.17) is 0 Å². The molecule has 1 aliphatic rings. The summed E-state index contributed by atoms with van der Waals surface area (Å²) < 4.78 is 54.4. The molecule has 11 heteroatoms. The van der Waals surface area contributed by atoms with Crippen LogP contribution in [0.5, 0.6) is 0 Å². The van der Waals surface area contributed by atoms with Crippen LogP contribution in [0.15, 0.2) is 52.6 Å². The Morgan fingerprint density at radius 3 is 2.33 bits per heavy atom. The quantitative estimate of drug-likeness (QED) is 0.644. The number of hydrogen-bond acceptors (Lipinski definition) is 7. The number of pyridine rings is 2. The van der Waals surface area contributed by atoms with Gasteiger partial charge in [0.1, 0.15) is 15.6 Å². The maximum Gasteiger partial charge on any atom is 0.244 e. The summed E-state index contributed by atoms with van der Waals surface area (Å²) in [7, 11) is -7.19. The minimum absolute atomic E-state index is 0.118. The number of hydrogen-bond donors (Lipinski definition) is 1. The molecule has 0 saturated carbocycles. The van der Waals surface area contributed by atoms with Crippen LogP contribution in [-0.4, -0.2) is 63.3 Å². The van der Waals surface area contributed by atoms with Gasteiger partial charge in [0.2, 0.25) is 20.0 Å². The van der Waals surface area contributed by atoms with Gasteiger partial charge in [-0.3, -0.25) is 4.98 Å². The topological polar surface area (TPSA) is 113 Å². The lowest BCUT2D eigenvalue weighted by atomic mass is 10.2. The van der Waals surface area contributed by atoms with E-state index in [0.717, 1.165) is 12.8 Å². The maximum atomic E-state index is 12.7. The molecule has 3 heterocycles. The van der Waals surface area contributed by atoms with Crippen LogP contribution in [0.3, 0.4) is 0 Å². The van der Waals surface area contributed by atoms with E-state index in [1.807, 2.05) is 18.7 Å². The SMILES string of the molecule is CCCC(C)NS(=O)(=O)c1ccc(N2CCN(S(=O)(=O)c3cccnc3)CC2)nc1. The average Bonchev–Trinajstić information content (AvgIpc) is 2.74. The number of sulfonamides is 2. The molecule has 0 radical (unpaired) electrons. The molecule has 0 amide bonds. The molecule has 9 nitrogen and oxygen atoms in total. The maximum absolute atomic E-state index is 12.7. The first-order valence-electron chi connectivity index (χ1n) is 9.87. The van der Waals surface area contributed by atoms with Gasteiger partial charge in [-0.25, -0.2) is 26.5 Å². The van der Waals surface area contributed by atoms with Crippen molar-refractivity contribution in [3.05, 3.63) is 42.9 Å². The second-order valence-electron chi connectivity index (χ2n) is 7.24. The van der Waals surface area contributed by atoms with Crippen LogP contribution in [-0.2, 0) is 20.0 Å². The first kappa shape index (κ1) is 22.6. The lowest BCUT2D eigenvalue weighted by Gasteiger charge is -2.34. The van der Waals surface area contributed by atoms with E-state index in [1.54, 1.807) is 12.1 Å². The predicted octanol–water partition coefficient (Wildman–Crippen LogP) is 1.45. The van der Waals surface area contributed by atoms with E-state index in [9.17, 15) is 16.8 Å². The van der Waals surface area contributed by atoms with E-state index in [0.29, 0.717) is 32.0 Å². The zero-order valence-electron chi connectivity index (χ0n) is 17.1. The van der Waals surface area contributed by atoms with Crippen molar-refractivity contribution >= 4 is 25.9 Å². The normalized spacial score (nSPS) is 17.1. The van der Waals surface area contributed by atoms with Gasteiger partial charge in [-0.2, -0.15) is 4.31 Å². The van der Waals surface area contributed by atoms with Gasteiger partial charge in [-0.15, -0.1) is 0 Å². The first-order chi connectivity index (χ1) is 14.2. The van der Waals surface area contributed by atoms with Crippen LogP contribution in [0.4, 0.5) is 5.82 Å². The Bertz CT molecular complexity index is 1040. The average molecular weight is 454 g/mol. The van der Waals surface area contributed by atoms with Gasteiger partial charge >= 0.3 is 0 Å². The standard InChI is InChI=1S/C19H27N5O4S2/c1-3-5-16(2)22-29(25,26)17-7-8-19(21-15-17)23-10-12-24(13-11-23)30(27,28)18-6-4-9-20-14-18/h4,6-9,14-16,22H,3,5,10-13H2,1-2H3. The Balaban J connectivity index is 1.64. The van der Waals surface area contributed by atoms with Crippen molar-refractivity contribution in [3.8, 4) is 0 Å². The number of nitrogens with zero attached hydrogens (tertiary/aromatic N) is 4. The van der Waals surface area contributed by atoms with Gasteiger partial charge in [-0.1, -0.05) is 13.3 Å². The van der Waals surface area contributed by atoms with Crippen molar-refractivity contribution in [2.24, 2.45) is 0 Å². The molecule has 1 saturated heterocycles. The summed E-state index contributed by atoms with van der Waals surface area (Å²) in [6.45, 7) is 5.39. The van der Waals surface area contributed by atoms with Crippen LogP contribution < -0.4 is 9.62 Å². The third-order valence-corrected chi connectivity index (χ3v) is 8.40.